The molecule has 7 heteroatoms. The van der Waals surface area contributed by atoms with Crippen molar-refractivity contribution in [3.8, 4) is 0 Å². The lowest BCUT2D eigenvalue weighted by atomic mass is 9.71. The van der Waals surface area contributed by atoms with Gasteiger partial charge in [0.15, 0.2) is 0 Å². The van der Waals surface area contributed by atoms with Crippen LogP contribution in [0.3, 0.4) is 0 Å². The smallest absolute Gasteiger partial charge is 0.263 e. The Bertz CT molecular complexity index is 773. The van der Waals surface area contributed by atoms with E-state index < -0.39 is 0 Å². The Kier molecular flexibility index (Phi) is 4.74. The van der Waals surface area contributed by atoms with E-state index in [4.69, 9.17) is 4.74 Å². The van der Waals surface area contributed by atoms with Crippen molar-refractivity contribution in [1.29, 1.82) is 0 Å². The molecule has 2 aromatic rings. The summed E-state index contributed by atoms with van der Waals surface area (Å²) in [4.78, 5) is 32.5. The van der Waals surface area contributed by atoms with E-state index in [1.165, 1.54) is 11.3 Å². The van der Waals surface area contributed by atoms with Crippen molar-refractivity contribution >= 4 is 28.8 Å². The van der Waals surface area contributed by atoms with Crippen LogP contribution in [0, 0.1) is 11.3 Å². The van der Waals surface area contributed by atoms with Gasteiger partial charge in [0, 0.05) is 37.9 Å². The van der Waals surface area contributed by atoms with Crippen LogP contribution < -0.4 is 5.32 Å². The van der Waals surface area contributed by atoms with Crippen LogP contribution in [-0.4, -0.2) is 48.0 Å². The Morgan fingerprint density at radius 3 is 2.81 bits per heavy atom. The van der Waals surface area contributed by atoms with E-state index in [1.54, 1.807) is 18.5 Å². The first-order chi connectivity index (χ1) is 12.7. The number of thiophene rings is 1. The number of nitrogens with one attached hydrogen (secondary N) is 1. The van der Waals surface area contributed by atoms with Crippen molar-refractivity contribution in [3.63, 3.8) is 0 Å². The fourth-order valence-electron chi connectivity index (χ4n) is 3.99. The van der Waals surface area contributed by atoms with Crippen LogP contribution in [-0.2, 0) is 9.53 Å². The van der Waals surface area contributed by atoms with Gasteiger partial charge in [-0.2, -0.15) is 0 Å². The van der Waals surface area contributed by atoms with E-state index in [1.807, 2.05) is 28.5 Å². The van der Waals surface area contributed by atoms with Crippen molar-refractivity contribution in [1.82, 2.24) is 9.88 Å². The molecule has 136 valence electrons. The van der Waals surface area contributed by atoms with E-state index in [9.17, 15) is 9.59 Å². The van der Waals surface area contributed by atoms with Crippen LogP contribution in [0.1, 0.15) is 22.5 Å². The van der Waals surface area contributed by atoms with Gasteiger partial charge in [-0.3, -0.25) is 14.6 Å². The minimum atomic E-state index is -0.240. The summed E-state index contributed by atoms with van der Waals surface area (Å²) in [6, 6.07) is 7.34. The quantitative estimate of drug-likeness (QED) is 0.900. The molecule has 2 amide bonds. The van der Waals surface area contributed by atoms with E-state index in [-0.39, 0.29) is 23.1 Å². The predicted molar refractivity (Wildman–Crippen MR) is 99.1 cm³/mol. The monoisotopic (exact) mass is 371 g/mol. The highest BCUT2D eigenvalue weighted by atomic mass is 32.1. The molecule has 0 aromatic carbocycles. The lowest BCUT2D eigenvalue weighted by Crippen LogP contribution is -2.42. The van der Waals surface area contributed by atoms with Crippen molar-refractivity contribution < 1.29 is 14.3 Å². The minimum absolute atomic E-state index is 0.0162. The molecule has 1 spiro atoms. The summed E-state index contributed by atoms with van der Waals surface area (Å²) in [7, 11) is 0. The van der Waals surface area contributed by atoms with Crippen molar-refractivity contribution in [2.24, 2.45) is 11.3 Å². The number of carbonyl (C=O) groups excluding carboxylic acids is 2. The Balaban J connectivity index is 1.56. The molecule has 0 aliphatic carbocycles. The summed E-state index contributed by atoms with van der Waals surface area (Å²) >= 11 is 1.44. The maximum Gasteiger partial charge on any atom is 0.263 e. The number of carbonyl (C=O) groups is 2. The van der Waals surface area contributed by atoms with Gasteiger partial charge >= 0.3 is 0 Å². The minimum Gasteiger partial charge on any atom is -0.381 e. The number of likely N-dealkylation sites (tertiary alicyclic amines) is 1. The third-order valence-corrected chi connectivity index (χ3v) is 6.26. The van der Waals surface area contributed by atoms with E-state index in [0.29, 0.717) is 32.0 Å². The number of hydrogen-bond donors (Lipinski definition) is 1. The average Bonchev–Trinajstić information content (AvgIpc) is 3.31. The van der Waals surface area contributed by atoms with Gasteiger partial charge in [-0.25, -0.2) is 0 Å². The molecule has 4 rings (SSSR count). The fraction of sp³-hybridized carbons (Fsp3) is 0.421. The largest absolute Gasteiger partial charge is 0.381 e. The van der Waals surface area contributed by atoms with Gasteiger partial charge in [-0.15, -0.1) is 11.3 Å². The number of aromatic nitrogens is 1. The van der Waals surface area contributed by atoms with Crippen LogP contribution in [0.15, 0.2) is 42.0 Å². The van der Waals surface area contributed by atoms with Crippen LogP contribution in [0.4, 0.5) is 5.69 Å². The normalized spacial score (nSPS) is 21.7. The van der Waals surface area contributed by atoms with E-state index in [2.05, 4.69) is 10.3 Å². The third-order valence-electron chi connectivity index (χ3n) is 5.40. The molecule has 6 nitrogen and oxygen atoms in total. The summed E-state index contributed by atoms with van der Waals surface area (Å²) in [5.41, 5.74) is 0.472. The van der Waals surface area contributed by atoms with Gasteiger partial charge in [0.25, 0.3) is 5.91 Å². The van der Waals surface area contributed by atoms with Crippen molar-refractivity contribution in [3.05, 3.63) is 46.9 Å². The van der Waals surface area contributed by atoms with Crippen LogP contribution in [0.25, 0.3) is 0 Å². The van der Waals surface area contributed by atoms with Crippen molar-refractivity contribution in [2.45, 2.75) is 12.8 Å². The number of hydrogen-bond acceptors (Lipinski definition) is 5. The molecule has 2 aliphatic rings. The molecule has 1 atom stereocenters. The number of anilines is 1. The van der Waals surface area contributed by atoms with Gasteiger partial charge < -0.3 is 15.0 Å². The van der Waals surface area contributed by atoms with Gasteiger partial charge in [-0.1, -0.05) is 6.07 Å². The van der Waals surface area contributed by atoms with Crippen LogP contribution in [0.2, 0.25) is 0 Å². The zero-order chi connectivity index (χ0) is 18.0. The highest BCUT2D eigenvalue weighted by Gasteiger charge is 2.51. The standard InChI is InChI=1S/C19H21N3O3S/c23-17(21-14-3-1-7-20-11-14)15-12-22(18(24)16-4-2-10-26-16)13-19(15)5-8-25-9-6-19/h1-4,7,10-11,15H,5-6,8-9,12-13H2,(H,21,23)/t15-/m1/s1. The molecular formula is C19H21N3O3S. The summed E-state index contributed by atoms with van der Waals surface area (Å²) in [6.07, 6.45) is 4.91. The second kappa shape index (κ2) is 7.17. The van der Waals surface area contributed by atoms with E-state index in [0.717, 1.165) is 17.7 Å². The molecule has 4 heterocycles. The molecule has 0 bridgehead atoms. The first kappa shape index (κ1) is 17.2. The maximum atomic E-state index is 13.0. The summed E-state index contributed by atoms with van der Waals surface area (Å²) < 4.78 is 5.53. The zero-order valence-corrected chi connectivity index (χ0v) is 15.2. The molecule has 0 radical (unpaired) electrons. The molecule has 2 saturated heterocycles. The molecule has 0 unspecified atom stereocenters. The Morgan fingerprint density at radius 1 is 1.27 bits per heavy atom. The van der Waals surface area contributed by atoms with Gasteiger partial charge in [0.2, 0.25) is 5.91 Å². The molecule has 2 aromatic heterocycles. The van der Waals surface area contributed by atoms with E-state index >= 15 is 0 Å². The molecule has 2 fully saturated rings. The summed E-state index contributed by atoms with van der Waals surface area (Å²) in [6.45, 7) is 2.33. The third kappa shape index (κ3) is 3.24. The summed E-state index contributed by atoms with van der Waals surface area (Å²) in [5, 5.41) is 4.87. The number of rotatable bonds is 3. The predicted octanol–water partition coefficient (Wildman–Crippen LogP) is 2.65. The lowest BCUT2D eigenvalue weighted by Gasteiger charge is -2.37. The summed E-state index contributed by atoms with van der Waals surface area (Å²) in [5.74, 6) is -0.264. The SMILES string of the molecule is O=C(Nc1cccnc1)[C@H]1CN(C(=O)c2cccs2)CC12CCOCC2. The average molecular weight is 371 g/mol. The molecular weight excluding hydrogens is 350 g/mol. The maximum absolute atomic E-state index is 13.0. The van der Waals surface area contributed by atoms with Crippen LogP contribution in [0.5, 0.6) is 0 Å². The number of amides is 2. The highest BCUT2D eigenvalue weighted by molar-refractivity contribution is 7.12. The fourth-order valence-corrected chi connectivity index (χ4v) is 4.68. The zero-order valence-electron chi connectivity index (χ0n) is 14.4. The molecule has 0 saturated carbocycles. The molecule has 1 N–H and O–H groups in total. The highest BCUT2D eigenvalue weighted by Crippen LogP contribution is 2.45. The first-order valence-corrected chi connectivity index (χ1v) is 9.67. The molecule has 2 aliphatic heterocycles. The topological polar surface area (TPSA) is 71.5 Å². The Morgan fingerprint density at radius 2 is 2.12 bits per heavy atom. The second-order valence-electron chi connectivity index (χ2n) is 6.92. The number of nitrogens with zero attached hydrogens (tertiary/aromatic N) is 2. The Labute approximate surface area is 156 Å². The van der Waals surface area contributed by atoms with Crippen molar-refractivity contribution in [2.75, 3.05) is 31.6 Å². The Hall–Kier alpha value is -2.25. The lowest BCUT2D eigenvalue weighted by molar-refractivity contribution is -0.124. The van der Waals surface area contributed by atoms with Gasteiger partial charge in [0.05, 0.1) is 22.7 Å². The van der Waals surface area contributed by atoms with Gasteiger partial charge in [0.1, 0.15) is 0 Å². The number of pyridine rings is 1. The second-order valence-corrected chi connectivity index (χ2v) is 7.87. The number of ether oxygens (including phenoxy) is 1. The van der Waals surface area contributed by atoms with Crippen LogP contribution >= 0.6 is 11.3 Å². The van der Waals surface area contributed by atoms with Gasteiger partial charge in [-0.05, 0) is 36.4 Å². The molecule has 26 heavy (non-hydrogen) atoms. The first-order valence-electron chi connectivity index (χ1n) is 8.79.